The van der Waals surface area contributed by atoms with Gasteiger partial charge in [0.2, 0.25) is 0 Å². The standard InChI is InChI=1S/C27H46N2O10/c1-19-8-9-22(32)23(37-19)6-5-13-28(14-15-36-27-17-20(31)16-21(18-30)38-27)12-4-2-3-7-26(35)39-29-24(33)10-11-25(29)34/h19-23,27,30-32H,2-18H2,1H3/t19-,20-,21-,22-,23-,27+/m0/s1. The van der Waals surface area contributed by atoms with E-state index in [9.17, 15) is 29.7 Å². The zero-order chi connectivity index (χ0) is 28.2. The molecular weight excluding hydrogens is 512 g/mol. The zero-order valence-electron chi connectivity index (χ0n) is 23.1. The van der Waals surface area contributed by atoms with Gasteiger partial charge in [-0.2, -0.15) is 0 Å². The third kappa shape index (κ3) is 11.0. The van der Waals surface area contributed by atoms with Gasteiger partial charge in [0.25, 0.3) is 11.8 Å². The third-order valence-electron chi connectivity index (χ3n) is 7.48. The van der Waals surface area contributed by atoms with Crippen molar-refractivity contribution >= 4 is 17.8 Å². The number of amides is 2. The number of unbranched alkanes of at least 4 members (excludes halogenated alkanes) is 2. The van der Waals surface area contributed by atoms with Crippen LogP contribution in [0.3, 0.4) is 0 Å². The third-order valence-corrected chi connectivity index (χ3v) is 7.48. The summed E-state index contributed by atoms with van der Waals surface area (Å²) < 4.78 is 17.5. The molecule has 224 valence electrons. The quantitative estimate of drug-likeness (QED) is 0.184. The van der Waals surface area contributed by atoms with Gasteiger partial charge < -0.3 is 39.3 Å². The first-order valence-electron chi connectivity index (χ1n) is 14.4. The molecule has 3 aliphatic rings. The first kappa shape index (κ1) is 31.9. The topological polar surface area (TPSA) is 155 Å². The Morgan fingerprint density at radius 2 is 1.74 bits per heavy atom. The van der Waals surface area contributed by atoms with E-state index >= 15 is 0 Å². The maximum atomic E-state index is 12.0. The summed E-state index contributed by atoms with van der Waals surface area (Å²) in [5, 5.41) is 30.2. The van der Waals surface area contributed by atoms with E-state index in [0.29, 0.717) is 37.5 Å². The van der Waals surface area contributed by atoms with E-state index in [0.717, 1.165) is 51.6 Å². The maximum Gasteiger partial charge on any atom is 0.333 e. The number of carbonyl (C=O) groups excluding carboxylic acids is 3. The van der Waals surface area contributed by atoms with Gasteiger partial charge in [0.05, 0.1) is 43.7 Å². The van der Waals surface area contributed by atoms with Crippen molar-refractivity contribution in [2.45, 2.75) is 121 Å². The van der Waals surface area contributed by atoms with Crippen LogP contribution < -0.4 is 0 Å². The van der Waals surface area contributed by atoms with E-state index in [1.165, 1.54) is 0 Å². The van der Waals surface area contributed by atoms with Crippen LogP contribution in [0.2, 0.25) is 0 Å². The summed E-state index contributed by atoms with van der Waals surface area (Å²) in [6, 6.07) is 0. The fourth-order valence-corrected chi connectivity index (χ4v) is 5.23. The van der Waals surface area contributed by atoms with Crippen LogP contribution in [0.5, 0.6) is 0 Å². The van der Waals surface area contributed by atoms with Crippen molar-refractivity contribution in [2.24, 2.45) is 0 Å². The van der Waals surface area contributed by atoms with Crippen molar-refractivity contribution in [3.63, 3.8) is 0 Å². The number of hydrogen-bond donors (Lipinski definition) is 3. The molecule has 0 aromatic rings. The monoisotopic (exact) mass is 558 g/mol. The summed E-state index contributed by atoms with van der Waals surface area (Å²) in [4.78, 5) is 42.4. The molecule has 0 aromatic carbocycles. The lowest BCUT2D eigenvalue weighted by Gasteiger charge is -2.33. The lowest BCUT2D eigenvalue weighted by molar-refractivity contribution is -0.222. The highest BCUT2D eigenvalue weighted by atomic mass is 16.7. The molecule has 3 aliphatic heterocycles. The average molecular weight is 559 g/mol. The summed E-state index contributed by atoms with van der Waals surface area (Å²) in [7, 11) is 0. The second-order valence-corrected chi connectivity index (χ2v) is 10.8. The van der Waals surface area contributed by atoms with E-state index in [4.69, 9.17) is 19.0 Å². The Labute approximate surface area is 230 Å². The zero-order valence-corrected chi connectivity index (χ0v) is 23.1. The molecule has 3 saturated heterocycles. The van der Waals surface area contributed by atoms with Gasteiger partial charge >= 0.3 is 5.97 Å². The number of aliphatic hydroxyl groups is 3. The largest absolute Gasteiger partial charge is 0.394 e. The van der Waals surface area contributed by atoms with E-state index in [1.54, 1.807) is 0 Å². The molecule has 2 amide bonds. The normalized spacial score (nSPS) is 29.8. The van der Waals surface area contributed by atoms with E-state index in [-0.39, 0.29) is 38.1 Å². The van der Waals surface area contributed by atoms with Crippen molar-refractivity contribution < 1.29 is 48.8 Å². The number of aliphatic hydroxyl groups excluding tert-OH is 3. The van der Waals surface area contributed by atoms with Crippen molar-refractivity contribution in [2.75, 3.05) is 32.8 Å². The summed E-state index contributed by atoms with van der Waals surface area (Å²) >= 11 is 0. The number of ether oxygens (including phenoxy) is 3. The van der Waals surface area contributed by atoms with Gasteiger partial charge in [-0.05, 0) is 58.5 Å². The van der Waals surface area contributed by atoms with E-state index < -0.39 is 42.4 Å². The van der Waals surface area contributed by atoms with Gasteiger partial charge in [-0.15, -0.1) is 5.06 Å². The lowest BCUT2D eigenvalue weighted by Crippen LogP contribution is -2.40. The minimum absolute atomic E-state index is 0.0754. The van der Waals surface area contributed by atoms with Crippen molar-refractivity contribution in [3.05, 3.63) is 0 Å². The van der Waals surface area contributed by atoms with Gasteiger partial charge in [-0.3, -0.25) is 9.59 Å². The van der Waals surface area contributed by atoms with Crippen LogP contribution in [0, 0.1) is 0 Å². The smallest absolute Gasteiger partial charge is 0.333 e. The Balaban J connectivity index is 1.38. The van der Waals surface area contributed by atoms with Gasteiger partial charge in [0, 0.05) is 38.6 Å². The molecule has 0 aromatic heterocycles. The Hall–Kier alpha value is -1.67. The highest BCUT2D eigenvalue weighted by Crippen LogP contribution is 2.23. The molecule has 3 fully saturated rings. The molecule has 3 heterocycles. The Morgan fingerprint density at radius 1 is 1.00 bits per heavy atom. The van der Waals surface area contributed by atoms with Crippen LogP contribution in [0.1, 0.15) is 84.0 Å². The highest BCUT2D eigenvalue weighted by Gasteiger charge is 2.33. The van der Waals surface area contributed by atoms with Crippen molar-refractivity contribution in [3.8, 4) is 0 Å². The molecule has 3 rings (SSSR count). The molecule has 3 N–H and O–H groups in total. The molecule has 12 nitrogen and oxygen atoms in total. The molecule has 12 heteroatoms. The number of imide groups is 1. The minimum Gasteiger partial charge on any atom is -0.394 e. The number of nitrogens with zero attached hydrogens (tertiary/aromatic N) is 2. The van der Waals surface area contributed by atoms with Crippen molar-refractivity contribution in [1.29, 1.82) is 0 Å². The van der Waals surface area contributed by atoms with Crippen LogP contribution in [0.25, 0.3) is 0 Å². The van der Waals surface area contributed by atoms with Gasteiger partial charge in [0.15, 0.2) is 6.29 Å². The fourth-order valence-electron chi connectivity index (χ4n) is 5.23. The molecule has 0 radical (unpaired) electrons. The summed E-state index contributed by atoms with van der Waals surface area (Å²) in [6.45, 7) is 4.49. The maximum absolute atomic E-state index is 12.0. The second-order valence-electron chi connectivity index (χ2n) is 10.8. The minimum atomic E-state index is -0.583. The molecule has 0 unspecified atom stereocenters. The van der Waals surface area contributed by atoms with Gasteiger partial charge in [-0.25, -0.2) is 4.79 Å². The van der Waals surface area contributed by atoms with Crippen LogP contribution in [0.15, 0.2) is 0 Å². The van der Waals surface area contributed by atoms with Crippen LogP contribution in [-0.2, 0) is 33.4 Å². The number of hydroxylamine groups is 2. The van der Waals surface area contributed by atoms with Crippen LogP contribution in [-0.4, -0.2) is 113 Å². The summed E-state index contributed by atoms with van der Waals surface area (Å²) in [5.74, 6) is -1.54. The highest BCUT2D eigenvalue weighted by molar-refractivity contribution is 6.01. The van der Waals surface area contributed by atoms with E-state index in [1.807, 2.05) is 6.92 Å². The van der Waals surface area contributed by atoms with Gasteiger partial charge in [-0.1, -0.05) is 6.42 Å². The Kier molecular flexibility index (Phi) is 13.5. The molecule has 6 atom stereocenters. The molecular formula is C27H46N2O10. The first-order chi connectivity index (χ1) is 18.7. The Morgan fingerprint density at radius 3 is 2.49 bits per heavy atom. The molecule has 0 aliphatic carbocycles. The number of rotatable bonds is 16. The molecule has 0 spiro atoms. The van der Waals surface area contributed by atoms with Gasteiger partial charge in [0.1, 0.15) is 0 Å². The summed E-state index contributed by atoms with van der Waals surface area (Å²) in [6.07, 6.45) is 4.50. The molecule has 39 heavy (non-hydrogen) atoms. The lowest BCUT2D eigenvalue weighted by atomic mass is 9.98. The predicted molar refractivity (Wildman–Crippen MR) is 138 cm³/mol. The SMILES string of the molecule is C[C@H]1CC[C@H](O)[C@H](CCCN(CCCCCC(=O)ON2C(=O)CCC2=O)CCO[C@H]2C[C@@H](O)C[C@@H](CO)O2)O1. The first-order valence-corrected chi connectivity index (χ1v) is 14.4. The fraction of sp³-hybridized carbons (Fsp3) is 0.889. The average Bonchev–Trinajstić information content (AvgIpc) is 3.21. The number of carbonyl (C=O) groups is 3. The number of hydrogen-bond acceptors (Lipinski definition) is 11. The van der Waals surface area contributed by atoms with Crippen molar-refractivity contribution in [1.82, 2.24) is 9.96 Å². The summed E-state index contributed by atoms with van der Waals surface area (Å²) in [5.41, 5.74) is 0. The van der Waals surface area contributed by atoms with Crippen LogP contribution >= 0.6 is 0 Å². The second kappa shape index (κ2) is 16.6. The Bertz CT molecular complexity index is 768. The van der Waals surface area contributed by atoms with E-state index in [2.05, 4.69) is 4.90 Å². The predicted octanol–water partition coefficient (Wildman–Crippen LogP) is 1.04. The molecule has 0 saturated carbocycles. The molecule has 0 bridgehead atoms. The van der Waals surface area contributed by atoms with Crippen LogP contribution in [0.4, 0.5) is 0 Å².